The van der Waals surface area contributed by atoms with Gasteiger partial charge >= 0.3 is 0 Å². The average molecular weight is 653 g/mol. The first-order valence-electron chi connectivity index (χ1n) is 14.0. The third-order valence-corrected chi connectivity index (χ3v) is 9.05. The van der Waals surface area contributed by atoms with Crippen LogP contribution < -0.4 is 19.5 Å². The molecule has 0 saturated heterocycles. The Balaban J connectivity index is 1.44. The summed E-state index contributed by atoms with van der Waals surface area (Å²) >= 11 is 12.3. The molecule has 234 valence electrons. The fourth-order valence-electron chi connectivity index (χ4n) is 5.79. The van der Waals surface area contributed by atoms with Crippen molar-refractivity contribution >= 4 is 40.7 Å². The van der Waals surface area contributed by atoms with Crippen LogP contribution in [0.25, 0.3) is 0 Å². The van der Waals surface area contributed by atoms with Crippen molar-refractivity contribution in [1.29, 1.82) is 0 Å². The number of phenols is 1. The summed E-state index contributed by atoms with van der Waals surface area (Å²) in [5.41, 5.74) is 2.23. The number of ketones is 2. The van der Waals surface area contributed by atoms with E-state index in [0.717, 1.165) is 40.8 Å². The number of methoxy groups -OCH3 is 1. The molecule has 3 aromatic carbocycles. The lowest BCUT2D eigenvalue weighted by Gasteiger charge is -2.27. The highest BCUT2D eigenvalue weighted by Gasteiger charge is 2.55. The van der Waals surface area contributed by atoms with Gasteiger partial charge in [0.1, 0.15) is 51.9 Å². The van der Waals surface area contributed by atoms with Gasteiger partial charge in [0.25, 0.3) is 5.91 Å². The second kappa shape index (κ2) is 11.8. The van der Waals surface area contributed by atoms with Crippen LogP contribution in [0.4, 0.5) is 0 Å². The second-order valence-corrected chi connectivity index (χ2v) is 12.0. The van der Waals surface area contributed by atoms with Gasteiger partial charge in [0.05, 0.1) is 12.7 Å². The molecule has 0 radical (unpaired) electrons. The normalized spacial score (nSPS) is 16.9. The maximum atomic E-state index is 13.8. The molecule has 1 aliphatic carbocycles. The number of carbonyl (C=O) groups is 3. The summed E-state index contributed by atoms with van der Waals surface area (Å²) in [6, 6.07) is 8.34. The molecule has 1 atom stereocenters. The maximum Gasteiger partial charge on any atom is 0.259 e. The number of benzene rings is 3. The smallest absolute Gasteiger partial charge is 0.259 e. The minimum atomic E-state index is -1.65. The topological polar surface area (TPSA) is 131 Å². The van der Waals surface area contributed by atoms with Gasteiger partial charge in [-0.05, 0) is 75.1 Å². The van der Waals surface area contributed by atoms with Crippen molar-refractivity contribution in [2.45, 2.75) is 53.2 Å². The van der Waals surface area contributed by atoms with E-state index in [4.69, 9.17) is 37.4 Å². The van der Waals surface area contributed by atoms with Crippen LogP contribution in [-0.4, -0.2) is 34.8 Å². The zero-order chi connectivity index (χ0) is 33.0. The van der Waals surface area contributed by atoms with Crippen molar-refractivity contribution in [1.82, 2.24) is 5.32 Å². The van der Waals surface area contributed by atoms with Gasteiger partial charge in [-0.25, -0.2) is 0 Å². The number of aliphatic hydroxyl groups excluding tert-OH is 1. The molecular weight excluding hydrogens is 621 g/mol. The number of rotatable bonds is 8. The van der Waals surface area contributed by atoms with E-state index in [-0.39, 0.29) is 47.3 Å². The number of nitrogens with one attached hydrogen (secondary N) is 1. The van der Waals surface area contributed by atoms with Gasteiger partial charge in [-0.3, -0.25) is 14.4 Å². The first kappa shape index (κ1) is 31.9. The summed E-state index contributed by atoms with van der Waals surface area (Å²) in [5.74, 6) is -2.33. The number of phenolic OH excluding ortho intramolecular Hbond substituents is 1. The highest BCUT2D eigenvalue weighted by Crippen LogP contribution is 2.56. The quantitative estimate of drug-likeness (QED) is 0.230. The van der Waals surface area contributed by atoms with E-state index >= 15 is 0 Å². The number of aliphatic hydroxyl groups is 1. The molecule has 11 heteroatoms. The van der Waals surface area contributed by atoms with Gasteiger partial charge < -0.3 is 29.7 Å². The van der Waals surface area contributed by atoms with E-state index in [1.807, 2.05) is 32.9 Å². The van der Waals surface area contributed by atoms with E-state index in [0.29, 0.717) is 15.8 Å². The molecule has 2 aliphatic rings. The number of fused-ring (bicyclic) bond motifs is 3. The minimum absolute atomic E-state index is 0.00134. The molecule has 3 aromatic rings. The molecule has 0 spiro atoms. The molecule has 45 heavy (non-hydrogen) atoms. The monoisotopic (exact) mass is 651 g/mol. The van der Waals surface area contributed by atoms with E-state index < -0.39 is 34.2 Å². The maximum absolute atomic E-state index is 13.8. The number of amides is 1. The van der Waals surface area contributed by atoms with Gasteiger partial charge in [-0.1, -0.05) is 29.3 Å². The van der Waals surface area contributed by atoms with Gasteiger partial charge in [-0.2, -0.15) is 0 Å². The van der Waals surface area contributed by atoms with Crippen LogP contribution in [-0.2, 0) is 28.2 Å². The Hall–Kier alpha value is -4.47. The van der Waals surface area contributed by atoms with Crippen LogP contribution in [0, 0.1) is 20.8 Å². The minimum Gasteiger partial charge on any atom is -0.507 e. The van der Waals surface area contributed by atoms with Crippen LogP contribution in [0.5, 0.6) is 23.0 Å². The number of carbonyl (C=O) groups excluding carboxylic acids is 3. The van der Waals surface area contributed by atoms with Crippen molar-refractivity contribution in [3.05, 3.63) is 102 Å². The Bertz CT molecular complexity index is 1880. The Morgan fingerprint density at radius 2 is 1.76 bits per heavy atom. The Labute approximate surface area is 270 Å². The third kappa shape index (κ3) is 5.30. The fraction of sp³-hybridized carbons (Fsp3) is 0.265. The van der Waals surface area contributed by atoms with Crippen LogP contribution in [0.1, 0.15) is 57.6 Å². The van der Waals surface area contributed by atoms with E-state index in [2.05, 4.69) is 5.32 Å². The SMILES string of the molecule is COc1cc(O)c2c(c1C(=O)NCc1c(C)cc(OCc3ccc(Cl)cc3Cl)c(C)c1C)OC1=CC(O)=C(C(C)=O)C(=O)[C@]12C. The van der Waals surface area contributed by atoms with Crippen LogP contribution in [0.3, 0.4) is 0 Å². The number of aryl methyl sites for hydroxylation is 1. The Kier molecular flexibility index (Phi) is 8.37. The number of allylic oxidation sites excluding steroid dienone is 3. The van der Waals surface area contributed by atoms with Crippen molar-refractivity contribution in [3.63, 3.8) is 0 Å². The number of hydrogen-bond acceptors (Lipinski definition) is 8. The molecule has 0 bridgehead atoms. The average Bonchev–Trinajstić information content (AvgIpc) is 3.27. The van der Waals surface area contributed by atoms with Crippen LogP contribution in [0.15, 0.2) is 53.5 Å². The fourth-order valence-corrected chi connectivity index (χ4v) is 6.26. The second-order valence-electron chi connectivity index (χ2n) is 11.2. The molecule has 1 aliphatic heterocycles. The molecule has 0 aromatic heterocycles. The van der Waals surface area contributed by atoms with E-state index in [1.54, 1.807) is 12.1 Å². The summed E-state index contributed by atoms with van der Waals surface area (Å²) in [5, 5.41) is 25.4. The number of ether oxygens (including phenoxy) is 3. The molecule has 0 fully saturated rings. The van der Waals surface area contributed by atoms with Crippen molar-refractivity contribution in [3.8, 4) is 23.0 Å². The summed E-state index contributed by atoms with van der Waals surface area (Å²) in [6.45, 7) is 8.78. The zero-order valence-electron chi connectivity index (χ0n) is 25.5. The zero-order valence-corrected chi connectivity index (χ0v) is 27.0. The lowest BCUT2D eigenvalue weighted by molar-refractivity contribution is -0.123. The molecule has 3 N–H and O–H groups in total. The molecular formula is C34H31Cl2NO8. The predicted octanol–water partition coefficient (Wildman–Crippen LogP) is 6.66. The number of halogens is 2. The number of aromatic hydroxyl groups is 1. The van der Waals surface area contributed by atoms with Crippen LogP contribution in [0.2, 0.25) is 10.0 Å². The lowest BCUT2D eigenvalue weighted by atomic mass is 9.71. The van der Waals surface area contributed by atoms with E-state index in [1.165, 1.54) is 20.1 Å². The van der Waals surface area contributed by atoms with Crippen molar-refractivity contribution < 1.29 is 38.8 Å². The number of hydrogen-bond donors (Lipinski definition) is 3. The van der Waals surface area contributed by atoms with Gasteiger partial charge in [0.2, 0.25) is 0 Å². The standard InChI is InChI=1S/C34H31Cl2NO8/c1-15-9-25(44-14-19-7-8-20(35)10-22(19)36)17(3)16(2)21(15)13-37-33(42)29-26(43-6)11-24(40)30-31(29)45-27-12-23(39)28(18(4)38)32(41)34(27,30)5/h7-12,39-40H,13-14H2,1-6H3,(H,37,42)/t34-/m1/s1. The molecule has 1 heterocycles. The van der Waals surface area contributed by atoms with Gasteiger partial charge in [-0.15, -0.1) is 0 Å². The molecule has 0 unspecified atom stereocenters. The first-order valence-corrected chi connectivity index (χ1v) is 14.7. The molecule has 5 rings (SSSR count). The van der Waals surface area contributed by atoms with Crippen molar-refractivity contribution in [2.75, 3.05) is 7.11 Å². The van der Waals surface area contributed by atoms with Gasteiger partial charge in [0, 0.05) is 34.3 Å². The molecule has 9 nitrogen and oxygen atoms in total. The summed E-state index contributed by atoms with van der Waals surface area (Å²) in [7, 11) is 1.33. The van der Waals surface area contributed by atoms with Crippen LogP contribution >= 0.6 is 23.2 Å². The lowest BCUT2D eigenvalue weighted by Crippen LogP contribution is -2.38. The third-order valence-electron chi connectivity index (χ3n) is 8.47. The number of Topliss-reactive ketones (excluding diaryl/α,β-unsaturated/α-hetero) is 2. The summed E-state index contributed by atoms with van der Waals surface area (Å²) in [6.07, 6.45) is 1.16. The Morgan fingerprint density at radius 1 is 1.04 bits per heavy atom. The largest absolute Gasteiger partial charge is 0.507 e. The van der Waals surface area contributed by atoms with Gasteiger partial charge in [0.15, 0.2) is 17.3 Å². The molecule has 1 amide bonds. The highest BCUT2D eigenvalue weighted by molar-refractivity contribution is 6.35. The first-order chi connectivity index (χ1) is 21.2. The van der Waals surface area contributed by atoms with E-state index in [9.17, 15) is 24.6 Å². The highest BCUT2D eigenvalue weighted by atomic mass is 35.5. The predicted molar refractivity (Wildman–Crippen MR) is 169 cm³/mol. The molecule has 0 saturated carbocycles. The summed E-state index contributed by atoms with van der Waals surface area (Å²) < 4.78 is 17.5. The Morgan fingerprint density at radius 3 is 2.40 bits per heavy atom. The van der Waals surface area contributed by atoms with Crippen molar-refractivity contribution in [2.24, 2.45) is 0 Å². The summed E-state index contributed by atoms with van der Waals surface area (Å²) in [4.78, 5) is 39.5.